The quantitative estimate of drug-likeness (QED) is 0.538. The molecule has 8 heteroatoms. The molecule has 1 aliphatic rings. The molecule has 178 valence electrons. The Labute approximate surface area is 202 Å². The van der Waals surface area contributed by atoms with Crippen molar-refractivity contribution < 1.29 is 28.8 Å². The van der Waals surface area contributed by atoms with Gasteiger partial charge in [0, 0.05) is 6.54 Å². The summed E-state index contributed by atoms with van der Waals surface area (Å²) in [4.78, 5) is 54.6. The van der Waals surface area contributed by atoms with Gasteiger partial charge in [-0.15, -0.1) is 0 Å². The molecule has 0 aliphatic carbocycles. The van der Waals surface area contributed by atoms with E-state index in [4.69, 9.17) is 9.57 Å². The molecule has 0 spiro atoms. The lowest BCUT2D eigenvalue weighted by Crippen LogP contribution is -2.32. The summed E-state index contributed by atoms with van der Waals surface area (Å²) < 4.78 is 5.28. The first-order chi connectivity index (χ1) is 16.6. The van der Waals surface area contributed by atoms with Crippen LogP contribution >= 0.6 is 0 Å². The van der Waals surface area contributed by atoms with Gasteiger partial charge in [0.15, 0.2) is 0 Å². The molecule has 0 saturated carbocycles. The van der Waals surface area contributed by atoms with Gasteiger partial charge in [-0.1, -0.05) is 53.6 Å². The standard InChI is InChI=1S/C27H24N2O6/c1-27(2,3)34-26(33)28-16-19-8-4-5-9-20(19)17-12-14-18(15-13-17)25(32)35-29-23(30)21-10-6-7-11-22(21)24(29)31/h4-15H,16H2,1-3H3,(H,28,33). The van der Waals surface area contributed by atoms with Gasteiger partial charge >= 0.3 is 12.1 Å². The zero-order valence-electron chi connectivity index (χ0n) is 19.5. The number of carbonyl (C=O) groups is 4. The molecule has 4 rings (SSSR count). The fourth-order valence-electron chi connectivity index (χ4n) is 3.61. The van der Waals surface area contributed by atoms with Gasteiger partial charge < -0.3 is 14.9 Å². The van der Waals surface area contributed by atoms with E-state index in [1.807, 2.05) is 24.3 Å². The molecule has 3 amide bonds. The molecule has 0 aromatic heterocycles. The van der Waals surface area contributed by atoms with E-state index in [1.54, 1.807) is 57.2 Å². The number of nitrogens with one attached hydrogen (secondary N) is 1. The van der Waals surface area contributed by atoms with Crippen molar-refractivity contribution in [2.24, 2.45) is 0 Å². The lowest BCUT2D eigenvalue weighted by molar-refractivity contribution is -0.0584. The van der Waals surface area contributed by atoms with Crippen molar-refractivity contribution in [3.63, 3.8) is 0 Å². The van der Waals surface area contributed by atoms with Crippen LogP contribution in [-0.4, -0.2) is 34.5 Å². The molecule has 1 heterocycles. The minimum absolute atomic E-state index is 0.176. The summed E-state index contributed by atoms with van der Waals surface area (Å²) in [5.74, 6) is -2.19. The van der Waals surface area contributed by atoms with Gasteiger partial charge in [0.1, 0.15) is 5.60 Å². The summed E-state index contributed by atoms with van der Waals surface area (Å²) in [5, 5.41) is 3.23. The number of alkyl carbamates (subject to hydrolysis) is 1. The first kappa shape index (κ1) is 23.7. The van der Waals surface area contributed by atoms with E-state index in [0.717, 1.165) is 16.7 Å². The highest BCUT2D eigenvalue weighted by atomic mass is 16.7. The first-order valence-corrected chi connectivity index (χ1v) is 11.0. The van der Waals surface area contributed by atoms with Crippen LogP contribution in [0.3, 0.4) is 0 Å². The van der Waals surface area contributed by atoms with Gasteiger partial charge in [0.25, 0.3) is 11.8 Å². The first-order valence-electron chi connectivity index (χ1n) is 11.0. The molecular formula is C27H24N2O6. The van der Waals surface area contributed by atoms with Crippen molar-refractivity contribution in [3.05, 3.63) is 95.1 Å². The highest BCUT2D eigenvalue weighted by molar-refractivity contribution is 6.21. The molecule has 0 bridgehead atoms. The third-order valence-corrected chi connectivity index (χ3v) is 5.20. The monoisotopic (exact) mass is 472 g/mol. The number of rotatable bonds is 5. The van der Waals surface area contributed by atoms with Crippen LogP contribution in [0.15, 0.2) is 72.8 Å². The van der Waals surface area contributed by atoms with Gasteiger partial charge in [-0.3, -0.25) is 9.59 Å². The van der Waals surface area contributed by atoms with Gasteiger partial charge in [0.05, 0.1) is 16.7 Å². The zero-order valence-corrected chi connectivity index (χ0v) is 19.5. The van der Waals surface area contributed by atoms with Crippen molar-refractivity contribution in [3.8, 4) is 11.1 Å². The molecule has 0 saturated heterocycles. The molecule has 1 aliphatic heterocycles. The average molecular weight is 472 g/mol. The summed E-state index contributed by atoms with van der Waals surface area (Å²) in [5.41, 5.74) is 2.50. The van der Waals surface area contributed by atoms with Gasteiger partial charge in [-0.2, -0.15) is 0 Å². The number of imide groups is 1. The lowest BCUT2D eigenvalue weighted by Gasteiger charge is -2.20. The molecular weight excluding hydrogens is 448 g/mol. The summed E-state index contributed by atoms with van der Waals surface area (Å²) in [6.45, 7) is 5.64. The number of ether oxygens (including phenoxy) is 1. The van der Waals surface area contributed by atoms with E-state index >= 15 is 0 Å². The van der Waals surface area contributed by atoms with Crippen molar-refractivity contribution in [2.45, 2.75) is 32.9 Å². The largest absolute Gasteiger partial charge is 0.444 e. The van der Waals surface area contributed by atoms with Crippen LogP contribution in [-0.2, 0) is 16.1 Å². The maximum Gasteiger partial charge on any atom is 0.407 e. The molecule has 0 unspecified atom stereocenters. The van der Waals surface area contributed by atoms with Crippen molar-refractivity contribution >= 4 is 23.9 Å². The van der Waals surface area contributed by atoms with E-state index in [1.165, 1.54) is 12.1 Å². The summed E-state index contributed by atoms with van der Waals surface area (Å²) in [6.07, 6.45) is -0.515. The minimum atomic E-state index is -0.828. The number of hydrogen-bond donors (Lipinski definition) is 1. The van der Waals surface area contributed by atoms with Crippen LogP contribution in [0, 0.1) is 0 Å². The third-order valence-electron chi connectivity index (χ3n) is 5.20. The zero-order chi connectivity index (χ0) is 25.2. The number of amides is 3. The number of nitrogens with zero attached hydrogens (tertiary/aromatic N) is 1. The topological polar surface area (TPSA) is 102 Å². The van der Waals surface area contributed by atoms with Crippen LogP contribution in [0.1, 0.15) is 57.4 Å². The molecule has 3 aromatic rings. The van der Waals surface area contributed by atoms with Crippen molar-refractivity contribution in [1.29, 1.82) is 0 Å². The maximum absolute atomic E-state index is 12.6. The Morgan fingerprint density at radius 1 is 0.800 bits per heavy atom. The Balaban J connectivity index is 1.45. The predicted molar refractivity (Wildman–Crippen MR) is 127 cm³/mol. The number of carbonyl (C=O) groups excluding carboxylic acids is 4. The molecule has 1 N–H and O–H groups in total. The minimum Gasteiger partial charge on any atom is -0.444 e. The normalized spacial score (nSPS) is 12.8. The van der Waals surface area contributed by atoms with Gasteiger partial charge in [-0.25, -0.2) is 9.59 Å². The fraction of sp³-hybridized carbons (Fsp3) is 0.185. The molecule has 3 aromatic carbocycles. The van der Waals surface area contributed by atoms with Crippen LogP contribution in [0.2, 0.25) is 0 Å². The van der Waals surface area contributed by atoms with E-state index in [-0.39, 0.29) is 23.2 Å². The van der Waals surface area contributed by atoms with Crippen LogP contribution in [0.5, 0.6) is 0 Å². The van der Waals surface area contributed by atoms with Gasteiger partial charge in [0.2, 0.25) is 0 Å². The lowest BCUT2D eigenvalue weighted by atomic mass is 9.98. The smallest absolute Gasteiger partial charge is 0.407 e. The Kier molecular flexibility index (Phi) is 6.38. The number of hydrogen-bond acceptors (Lipinski definition) is 6. The summed E-state index contributed by atoms with van der Waals surface area (Å²) in [7, 11) is 0. The number of hydroxylamine groups is 2. The van der Waals surface area contributed by atoms with E-state index in [2.05, 4.69) is 5.32 Å². The van der Waals surface area contributed by atoms with Crippen LogP contribution in [0.4, 0.5) is 4.79 Å². The summed E-state index contributed by atoms with van der Waals surface area (Å²) >= 11 is 0. The molecule has 35 heavy (non-hydrogen) atoms. The highest BCUT2D eigenvalue weighted by Crippen LogP contribution is 2.26. The maximum atomic E-state index is 12.6. The summed E-state index contributed by atoms with van der Waals surface area (Å²) in [6, 6.07) is 20.4. The van der Waals surface area contributed by atoms with E-state index in [9.17, 15) is 19.2 Å². The second-order valence-corrected chi connectivity index (χ2v) is 8.92. The second-order valence-electron chi connectivity index (χ2n) is 8.92. The average Bonchev–Trinajstić information content (AvgIpc) is 3.07. The fourth-order valence-corrected chi connectivity index (χ4v) is 3.61. The van der Waals surface area contributed by atoms with E-state index in [0.29, 0.717) is 5.06 Å². The Morgan fingerprint density at radius 3 is 1.91 bits per heavy atom. The Bertz CT molecular complexity index is 1270. The van der Waals surface area contributed by atoms with E-state index < -0.39 is 29.5 Å². The second kappa shape index (κ2) is 9.42. The van der Waals surface area contributed by atoms with Crippen LogP contribution in [0.25, 0.3) is 11.1 Å². The van der Waals surface area contributed by atoms with Crippen molar-refractivity contribution in [2.75, 3.05) is 0 Å². The van der Waals surface area contributed by atoms with Crippen LogP contribution < -0.4 is 5.32 Å². The van der Waals surface area contributed by atoms with Gasteiger partial charge in [-0.05, 0) is 61.7 Å². The molecule has 0 fully saturated rings. The third kappa shape index (κ3) is 5.22. The van der Waals surface area contributed by atoms with Crippen molar-refractivity contribution in [1.82, 2.24) is 10.4 Å². The predicted octanol–water partition coefficient (Wildman–Crippen LogP) is 4.75. The highest BCUT2D eigenvalue weighted by Gasteiger charge is 2.38. The Hall–Kier alpha value is -4.46. The molecule has 0 radical (unpaired) electrons. The number of fused-ring (bicyclic) bond motifs is 1. The SMILES string of the molecule is CC(C)(C)OC(=O)NCc1ccccc1-c1ccc(C(=O)ON2C(=O)c3ccccc3C2=O)cc1. The molecule has 0 atom stereocenters. The number of benzene rings is 3. The molecule has 8 nitrogen and oxygen atoms in total. The Morgan fingerprint density at radius 2 is 1.34 bits per heavy atom.